The maximum absolute atomic E-state index is 11.1. The lowest BCUT2D eigenvalue weighted by molar-refractivity contribution is -0.383. The lowest BCUT2D eigenvalue weighted by Crippen LogP contribution is -1.94. The Labute approximate surface area is 137 Å². The Morgan fingerprint density at radius 3 is 2.52 bits per heavy atom. The van der Waals surface area contributed by atoms with Crippen LogP contribution in [0, 0.1) is 24.0 Å². The molecule has 0 spiro atoms. The van der Waals surface area contributed by atoms with Gasteiger partial charge >= 0.3 is 0 Å². The molecule has 0 aliphatic rings. The molecule has 0 radical (unpaired) electrons. The molecular weight excluding hydrogens is 316 g/mol. The summed E-state index contributed by atoms with van der Waals surface area (Å²) >= 11 is 6.16. The minimum atomic E-state index is -0.426. The molecule has 0 unspecified atom stereocenters. The highest BCUT2D eigenvalue weighted by atomic mass is 35.5. The Morgan fingerprint density at radius 2 is 1.87 bits per heavy atom. The van der Waals surface area contributed by atoms with E-state index in [0.29, 0.717) is 27.4 Å². The summed E-state index contributed by atoms with van der Waals surface area (Å²) in [7, 11) is 0. The van der Waals surface area contributed by atoms with Gasteiger partial charge in [-0.1, -0.05) is 11.6 Å². The van der Waals surface area contributed by atoms with Crippen molar-refractivity contribution < 1.29 is 9.66 Å². The van der Waals surface area contributed by atoms with Gasteiger partial charge in [-0.3, -0.25) is 15.1 Å². The van der Waals surface area contributed by atoms with Crippen LogP contribution in [0.2, 0.25) is 5.02 Å². The summed E-state index contributed by atoms with van der Waals surface area (Å²) in [5.41, 5.74) is 2.26. The van der Waals surface area contributed by atoms with E-state index in [1.54, 1.807) is 24.4 Å². The number of aryl methyl sites for hydroxylation is 2. The van der Waals surface area contributed by atoms with Gasteiger partial charge in [0.15, 0.2) is 5.75 Å². The lowest BCUT2D eigenvalue weighted by atomic mass is 10.1. The number of nitro benzene ring substituents is 1. The first kappa shape index (κ1) is 15.2. The number of halogens is 1. The summed E-state index contributed by atoms with van der Waals surface area (Å²) in [4.78, 5) is 14.9. The third kappa shape index (κ3) is 2.83. The van der Waals surface area contributed by atoms with Crippen molar-refractivity contribution >= 4 is 28.2 Å². The highest BCUT2D eigenvalue weighted by Crippen LogP contribution is 2.35. The Bertz CT molecular complexity index is 902. The second kappa shape index (κ2) is 5.85. The second-order valence-electron chi connectivity index (χ2n) is 5.21. The molecule has 0 atom stereocenters. The monoisotopic (exact) mass is 328 g/mol. The van der Waals surface area contributed by atoms with Crippen LogP contribution in [0.4, 0.5) is 5.69 Å². The van der Waals surface area contributed by atoms with E-state index < -0.39 is 4.92 Å². The van der Waals surface area contributed by atoms with Gasteiger partial charge in [-0.05, 0) is 55.3 Å². The molecule has 0 amide bonds. The zero-order valence-electron chi connectivity index (χ0n) is 12.5. The van der Waals surface area contributed by atoms with Crippen LogP contribution >= 0.6 is 11.6 Å². The number of fused-ring (bicyclic) bond motifs is 1. The molecular formula is C17H13ClN2O3. The number of ether oxygens (including phenoxy) is 1. The molecule has 0 fully saturated rings. The maximum atomic E-state index is 11.1. The average molecular weight is 329 g/mol. The van der Waals surface area contributed by atoms with Crippen LogP contribution in [0.25, 0.3) is 10.9 Å². The highest BCUT2D eigenvalue weighted by Gasteiger charge is 2.16. The summed E-state index contributed by atoms with van der Waals surface area (Å²) in [5.74, 6) is 1.08. The summed E-state index contributed by atoms with van der Waals surface area (Å²) in [6.07, 6.45) is 1.58. The first-order valence-corrected chi connectivity index (χ1v) is 7.32. The molecule has 0 saturated carbocycles. The SMILES string of the molecule is Cc1cc(Oc2ccc([N+](=O)[O-])c3cccnc23)cc(C)c1Cl. The lowest BCUT2D eigenvalue weighted by Gasteiger charge is -2.11. The van der Waals surface area contributed by atoms with Crippen LogP contribution in [0.5, 0.6) is 11.5 Å². The Kier molecular flexibility index (Phi) is 3.88. The number of nitro groups is 1. The zero-order chi connectivity index (χ0) is 16.6. The minimum Gasteiger partial charge on any atom is -0.455 e. The first-order chi connectivity index (χ1) is 11.0. The predicted molar refractivity (Wildman–Crippen MR) is 89.4 cm³/mol. The Balaban J connectivity index is 2.11. The molecule has 3 rings (SSSR count). The van der Waals surface area contributed by atoms with E-state index >= 15 is 0 Å². The van der Waals surface area contributed by atoms with E-state index in [0.717, 1.165) is 11.1 Å². The van der Waals surface area contributed by atoms with Crippen LogP contribution < -0.4 is 4.74 Å². The van der Waals surface area contributed by atoms with E-state index in [-0.39, 0.29) is 5.69 Å². The van der Waals surface area contributed by atoms with Crippen LogP contribution in [-0.4, -0.2) is 9.91 Å². The van der Waals surface area contributed by atoms with Crippen molar-refractivity contribution in [1.29, 1.82) is 0 Å². The summed E-state index contributed by atoms with van der Waals surface area (Å²) < 4.78 is 5.90. The molecule has 0 aliphatic heterocycles. The summed E-state index contributed by atoms with van der Waals surface area (Å²) in [6, 6.07) is 9.96. The molecule has 0 N–H and O–H groups in total. The van der Waals surface area contributed by atoms with Crippen molar-refractivity contribution in [2.45, 2.75) is 13.8 Å². The molecule has 116 valence electrons. The second-order valence-corrected chi connectivity index (χ2v) is 5.59. The normalized spacial score (nSPS) is 10.7. The van der Waals surface area contributed by atoms with Crippen molar-refractivity contribution in [2.75, 3.05) is 0 Å². The number of aromatic nitrogens is 1. The van der Waals surface area contributed by atoms with Crippen LogP contribution in [0.3, 0.4) is 0 Å². The number of non-ortho nitro benzene ring substituents is 1. The molecule has 6 heteroatoms. The van der Waals surface area contributed by atoms with Gasteiger partial charge in [0.05, 0.1) is 10.3 Å². The number of nitrogens with zero attached hydrogens (tertiary/aromatic N) is 2. The fraction of sp³-hybridized carbons (Fsp3) is 0.118. The van der Waals surface area contributed by atoms with Gasteiger partial charge in [-0.15, -0.1) is 0 Å². The third-order valence-corrected chi connectivity index (χ3v) is 4.14. The fourth-order valence-electron chi connectivity index (χ4n) is 2.47. The zero-order valence-corrected chi connectivity index (χ0v) is 13.3. The molecule has 0 bridgehead atoms. The number of benzene rings is 2. The van der Waals surface area contributed by atoms with Crippen LogP contribution in [0.1, 0.15) is 11.1 Å². The van der Waals surface area contributed by atoms with E-state index in [2.05, 4.69) is 4.98 Å². The number of rotatable bonds is 3. The third-order valence-electron chi connectivity index (χ3n) is 3.54. The van der Waals surface area contributed by atoms with Gasteiger partial charge < -0.3 is 4.74 Å². The molecule has 1 aromatic heterocycles. The molecule has 0 saturated heterocycles. The quantitative estimate of drug-likeness (QED) is 0.489. The van der Waals surface area contributed by atoms with Gasteiger partial charge in [0.25, 0.3) is 5.69 Å². The molecule has 1 heterocycles. The first-order valence-electron chi connectivity index (χ1n) is 6.94. The highest BCUT2D eigenvalue weighted by molar-refractivity contribution is 6.32. The van der Waals surface area contributed by atoms with Crippen molar-refractivity contribution in [1.82, 2.24) is 4.98 Å². The van der Waals surface area contributed by atoms with Crippen molar-refractivity contribution in [3.05, 3.63) is 68.9 Å². The molecule has 23 heavy (non-hydrogen) atoms. The predicted octanol–water partition coefficient (Wildman–Crippen LogP) is 5.21. The Morgan fingerprint density at radius 1 is 1.17 bits per heavy atom. The van der Waals surface area contributed by atoms with Gasteiger partial charge in [0.1, 0.15) is 11.3 Å². The topological polar surface area (TPSA) is 65.3 Å². The molecule has 3 aromatic rings. The van der Waals surface area contributed by atoms with Gasteiger partial charge in [-0.2, -0.15) is 0 Å². The van der Waals surface area contributed by atoms with E-state index in [9.17, 15) is 10.1 Å². The molecule has 2 aromatic carbocycles. The smallest absolute Gasteiger partial charge is 0.279 e. The Hall–Kier alpha value is -2.66. The van der Waals surface area contributed by atoms with Gasteiger partial charge in [0.2, 0.25) is 0 Å². The van der Waals surface area contributed by atoms with Crippen molar-refractivity contribution in [2.24, 2.45) is 0 Å². The van der Waals surface area contributed by atoms with E-state index in [1.807, 2.05) is 26.0 Å². The van der Waals surface area contributed by atoms with Crippen molar-refractivity contribution in [3.8, 4) is 11.5 Å². The average Bonchev–Trinajstić information content (AvgIpc) is 2.52. The fourth-order valence-corrected chi connectivity index (χ4v) is 2.57. The largest absolute Gasteiger partial charge is 0.455 e. The molecule has 0 aliphatic carbocycles. The molecule has 5 nitrogen and oxygen atoms in total. The van der Waals surface area contributed by atoms with Gasteiger partial charge in [-0.25, -0.2) is 0 Å². The summed E-state index contributed by atoms with van der Waals surface area (Å²) in [5, 5.41) is 12.3. The van der Waals surface area contributed by atoms with Crippen LogP contribution in [0.15, 0.2) is 42.6 Å². The number of hydrogen-bond acceptors (Lipinski definition) is 4. The van der Waals surface area contributed by atoms with Crippen LogP contribution in [-0.2, 0) is 0 Å². The van der Waals surface area contributed by atoms with E-state index in [1.165, 1.54) is 6.07 Å². The van der Waals surface area contributed by atoms with E-state index in [4.69, 9.17) is 16.3 Å². The maximum Gasteiger partial charge on any atom is 0.279 e. The number of pyridine rings is 1. The minimum absolute atomic E-state index is 0.00363. The summed E-state index contributed by atoms with van der Waals surface area (Å²) in [6.45, 7) is 3.79. The van der Waals surface area contributed by atoms with Crippen molar-refractivity contribution in [3.63, 3.8) is 0 Å². The standard InChI is InChI=1S/C17H13ClN2O3/c1-10-8-12(9-11(2)16(10)18)23-15-6-5-14(20(21)22)13-4-3-7-19-17(13)15/h3-9H,1-2H3. The van der Waals surface area contributed by atoms with Gasteiger partial charge in [0, 0.05) is 17.3 Å². The number of hydrogen-bond donors (Lipinski definition) is 0.